The third-order valence-electron chi connectivity index (χ3n) is 2.78. The van der Waals surface area contributed by atoms with Crippen molar-refractivity contribution < 1.29 is 63.7 Å². The summed E-state index contributed by atoms with van der Waals surface area (Å²) >= 11 is 0. The molecular formula is C14H16F8O6. The fraction of sp³-hybridized carbons (Fsp3) is 0.786. The van der Waals surface area contributed by atoms with E-state index in [0.717, 1.165) is 0 Å². The molecule has 0 aliphatic heterocycles. The smallest absolute Gasteiger partial charge is 0.401 e. The molecule has 0 aliphatic rings. The van der Waals surface area contributed by atoms with Crippen molar-refractivity contribution in [2.75, 3.05) is 13.2 Å². The molecule has 0 saturated heterocycles. The molecule has 0 rings (SSSR count). The van der Waals surface area contributed by atoms with Gasteiger partial charge in [0.25, 0.3) is 0 Å². The van der Waals surface area contributed by atoms with Gasteiger partial charge in [-0.25, -0.2) is 27.2 Å². The molecule has 0 amide bonds. The molecule has 0 unspecified atom stereocenters. The highest BCUT2D eigenvalue weighted by Crippen LogP contribution is 2.26. The van der Waals surface area contributed by atoms with Crippen LogP contribution in [0.5, 0.6) is 0 Å². The van der Waals surface area contributed by atoms with E-state index < -0.39 is 67.3 Å². The van der Waals surface area contributed by atoms with Gasteiger partial charge < -0.3 is 14.2 Å². The molecule has 0 saturated carbocycles. The van der Waals surface area contributed by atoms with Crippen LogP contribution >= 0.6 is 0 Å². The van der Waals surface area contributed by atoms with Crippen molar-refractivity contribution in [3.8, 4) is 0 Å². The van der Waals surface area contributed by atoms with E-state index in [-0.39, 0.29) is 0 Å². The average molecular weight is 432 g/mol. The van der Waals surface area contributed by atoms with Crippen LogP contribution in [0.4, 0.5) is 35.1 Å². The molecule has 0 N–H and O–H groups in total. The van der Waals surface area contributed by atoms with Crippen molar-refractivity contribution in [2.45, 2.75) is 51.6 Å². The highest BCUT2D eigenvalue weighted by atomic mass is 19.3. The van der Waals surface area contributed by atoms with E-state index in [0.29, 0.717) is 0 Å². The predicted molar refractivity (Wildman–Crippen MR) is 73.2 cm³/mol. The van der Waals surface area contributed by atoms with Gasteiger partial charge >= 0.3 is 42.6 Å². The average Bonchev–Trinajstić information content (AvgIpc) is 2.54. The number of esters is 3. The van der Waals surface area contributed by atoms with Crippen LogP contribution in [0.2, 0.25) is 0 Å². The molecular weight excluding hydrogens is 416 g/mol. The Bertz CT molecular complexity index is 537. The number of halogens is 8. The predicted octanol–water partition coefficient (Wildman–Crippen LogP) is 2.83. The lowest BCUT2D eigenvalue weighted by molar-refractivity contribution is -0.205. The normalized spacial score (nSPS) is 13.1. The molecule has 0 spiro atoms. The van der Waals surface area contributed by atoms with Gasteiger partial charge in [0.15, 0.2) is 6.10 Å². The zero-order valence-electron chi connectivity index (χ0n) is 14.6. The van der Waals surface area contributed by atoms with Crippen LogP contribution < -0.4 is 0 Å². The molecule has 6 nitrogen and oxygen atoms in total. The van der Waals surface area contributed by atoms with Crippen LogP contribution in [0.3, 0.4) is 0 Å². The molecule has 0 aromatic carbocycles. The fourth-order valence-electron chi connectivity index (χ4n) is 1.15. The molecule has 0 radical (unpaired) electrons. The summed E-state index contributed by atoms with van der Waals surface area (Å²) in [4.78, 5) is 33.7. The van der Waals surface area contributed by atoms with Crippen LogP contribution in [0.25, 0.3) is 0 Å². The highest BCUT2D eigenvalue weighted by molar-refractivity contribution is 5.79. The fourth-order valence-corrected chi connectivity index (χ4v) is 1.15. The SMILES string of the molecule is CC(C)(C)C(=O)OC(COC(=O)C(F)(F)C(F)F)COC(=O)C(F)(F)C(F)F. The van der Waals surface area contributed by atoms with E-state index in [1.165, 1.54) is 20.8 Å². The van der Waals surface area contributed by atoms with Crippen LogP contribution in [0.1, 0.15) is 20.8 Å². The quantitative estimate of drug-likeness (QED) is 0.317. The summed E-state index contributed by atoms with van der Waals surface area (Å²) in [6, 6.07) is 0. The number of alkyl halides is 8. The number of carbonyl (C=O) groups excluding carboxylic acids is 3. The highest BCUT2D eigenvalue weighted by Gasteiger charge is 2.52. The Morgan fingerprint density at radius 1 is 0.714 bits per heavy atom. The lowest BCUT2D eigenvalue weighted by atomic mass is 9.97. The number of hydrogen-bond donors (Lipinski definition) is 0. The zero-order chi connectivity index (χ0) is 22.5. The van der Waals surface area contributed by atoms with Gasteiger partial charge in [-0.15, -0.1) is 0 Å². The van der Waals surface area contributed by atoms with E-state index in [9.17, 15) is 49.5 Å². The number of carbonyl (C=O) groups is 3. The largest absolute Gasteiger partial charge is 0.457 e. The van der Waals surface area contributed by atoms with E-state index >= 15 is 0 Å². The van der Waals surface area contributed by atoms with E-state index in [2.05, 4.69) is 14.2 Å². The minimum atomic E-state index is -5.22. The van der Waals surface area contributed by atoms with Gasteiger partial charge in [-0.2, -0.15) is 17.6 Å². The number of rotatable bonds is 9. The number of hydrogen-bond acceptors (Lipinski definition) is 6. The first kappa shape index (κ1) is 25.9. The van der Waals surface area contributed by atoms with Crippen LogP contribution in [0.15, 0.2) is 0 Å². The Balaban J connectivity index is 5.15. The second-order valence-electron chi connectivity index (χ2n) is 6.32. The third kappa shape index (κ3) is 7.11. The summed E-state index contributed by atoms with van der Waals surface area (Å²) in [5, 5.41) is 0. The minimum absolute atomic E-state index is 1.12. The summed E-state index contributed by atoms with van der Waals surface area (Å²) in [6.45, 7) is 1.06. The van der Waals surface area contributed by atoms with Crippen LogP contribution in [0, 0.1) is 5.41 Å². The zero-order valence-corrected chi connectivity index (χ0v) is 14.6. The van der Waals surface area contributed by atoms with Crippen molar-refractivity contribution in [3.63, 3.8) is 0 Å². The van der Waals surface area contributed by atoms with Gasteiger partial charge in [0.05, 0.1) is 5.41 Å². The second kappa shape index (κ2) is 9.37. The molecule has 14 heteroatoms. The van der Waals surface area contributed by atoms with Crippen molar-refractivity contribution in [2.24, 2.45) is 5.41 Å². The molecule has 0 heterocycles. The van der Waals surface area contributed by atoms with Gasteiger partial charge in [-0.3, -0.25) is 4.79 Å². The standard InChI is InChI=1S/C14H16F8O6/c1-12(2,3)9(23)28-6(4-26-10(24)13(19,20)7(15)16)5-27-11(25)14(21,22)8(17)18/h6-8H,4-5H2,1-3H3. The summed E-state index contributed by atoms with van der Waals surface area (Å²) in [5.74, 6) is -17.0. The molecule has 164 valence electrons. The Labute approximate surface area is 153 Å². The molecule has 0 aromatic rings. The minimum Gasteiger partial charge on any atom is -0.457 e. The molecule has 0 atom stereocenters. The molecule has 0 aliphatic carbocycles. The lowest BCUT2D eigenvalue weighted by Crippen LogP contribution is -2.43. The first-order valence-electron chi connectivity index (χ1n) is 7.31. The molecule has 0 bridgehead atoms. The Morgan fingerprint density at radius 3 is 1.29 bits per heavy atom. The third-order valence-corrected chi connectivity index (χ3v) is 2.78. The maximum Gasteiger partial charge on any atom is 0.401 e. The Hall–Kier alpha value is -2.15. The first-order valence-corrected chi connectivity index (χ1v) is 7.31. The van der Waals surface area contributed by atoms with Crippen LogP contribution in [-0.4, -0.2) is 61.9 Å². The topological polar surface area (TPSA) is 78.9 Å². The summed E-state index contributed by atoms with van der Waals surface area (Å²) in [6.07, 6.45) is -10.9. The summed E-state index contributed by atoms with van der Waals surface area (Å²) in [5.41, 5.74) is -1.26. The number of ether oxygens (including phenoxy) is 3. The maximum atomic E-state index is 12.8. The van der Waals surface area contributed by atoms with E-state index in [1.807, 2.05) is 0 Å². The maximum absolute atomic E-state index is 12.8. The van der Waals surface area contributed by atoms with Crippen molar-refractivity contribution >= 4 is 17.9 Å². The van der Waals surface area contributed by atoms with E-state index in [1.54, 1.807) is 0 Å². The second-order valence-corrected chi connectivity index (χ2v) is 6.32. The van der Waals surface area contributed by atoms with Gasteiger partial charge in [-0.05, 0) is 20.8 Å². The summed E-state index contributed by atoms with van der Waals surface area (Å²) in [7, 11) is 0. The van der Waals surface area contributed by atoms with Crippen molar-refractivity contribution in [3.05, 3.63) is 0 Å². The van der Waals surface area contributed by atoms with Crippen LogP contribution in [-0.2, 0) is 28.6 Å². The Kier molecular flexibility index (Phi) is 8.65. The molecule has 28 heavy (non-hydrogen) atoms. The monoisotopic (exact) mass is 432 g/mol. The Morgan fingerprint density at radius 2 is 1.04 bits per heavy atom. The van der Waals surface area contributed by atoms with Crippen molar-refractivity contribution in [1.29, 1.82) is 0 Å². The first-order chi connectivity index (χ1) is 12.4. The molecule has 0 aromatic heterocycles. The van der Waals surface area contributed by atoms with Gasteiger partial charge in [0.2, 0.25) is 0 Å². The molecule has 0 fully saturated rings. The lowest BCUT2D eigenvalue weighted by Gasteiger charge is -2.24. The van der Waals surface area contributed by atoms with Crippen molar-refractivity contribution in [1.82, 2.24) is 0 Å². The van der Waals surface area contributed by atoms with E-state index in [4.69, 9.17) is 0 Å². The van der Waals surface area contributed by atoms with Gasteiger partial charge in [-0.1, -0.05) is 0 Å². The van der Waals surface area contributed by atoms with Gasteiger partial charge in [0.1, 0.15) is 13.2 Å². The summed E-state index contributed by atoms with van der Waals surface area (Å²) < 4.78 is 112. The van der Waals surface area contributed by atoms with Gasteiger partial charge in [0, 0.05) is 0 Å².